The van der Waals surface area contributed by atoms with Gasteiger partial charge in [0.1, 0.15) is 5.01 Å². The predicted molar refractivity (Wildman–Crippen MR) is 79.0 cm³/mol. The van der Waals surface area contributed by atoms with Gasteiger partial charge in [-0.1, -0.05) is 33.1 Å². The zero-order valence-electron chi connectivity index (χ0n) is 11.7. The summed E-state index contributed by atoms with van der Waals surface area (Å²) in [4.78, 5) is 5.88. The molecule has 0 aliphatic heterocycles. The first-order chi connectivity index (χ1) is 8.81. The minimum absolute atomic E-state index is 0.718. The number of aromatic nitrogens is 1. The summed E-state index contributed by atoms with van der Waals surface area (Å²) in [5.74, 6) is 0.975. The number of aryl methyl sites for hydroxylation is 1. The summed E-state index contributed by atoms with van der Waals surface area (Å²) in [5, 5.41) is 4.96. The highest BCUT2D eigenvalue weighted by Gasteiger charge is 2.17. The lowest BCUT2D eigenvalue weighted by molar-refractivity contribution is 0.425. The lowest BCUT2D eigenvalue weighted by Gasteiger charge is -2.15. The van der Waals surface area contributed by atoms with Gasteiger partial charge in [0.25, 0.3) is 0 Å². The van der Waals surface area contributed by atoms with Crippen LogP contribution in [-0.2, 0) is 13.0 Å². The molecule has 1 saturated carbocycles. The summed E-state index contributed by atoms with van der Waals surface area (Å²) in [7, 11) is 0. The van der Waals surface area contributed by atoms with Crippen LogP contribution in [0.1, 0.15) is 62.3 Å². The molecule has 0 aromatic carbocycles. The molecule has 2 unspecified atom stereocenters. The van der Waals surface area contributed by atoms with Crippen molar-refractivity contribution in [3.05, 3.63) is 16.1 Å². The van der Waals surface area contributed by atoms with Crippen molar-refractivity contribution < 1.29 is 0 Å². The van der Waals surface area contributed by atoms with E-state index in [0.29, 0.717) is 0 Å². The fourth-order valence-electron chi connectivity index (χ4n) is 2.82. The highest BCUT2D eigenvalue weighted by Crippen LogP contribution is 2.25. The van der Waals surface area contributed by atoms with Gasteiger partial charge in [-0.15, -0.1) is 11.3 Å². The van der Waals surface area contributed by atoms with Gasteiger partial charge in [-0.3, -0.25) is 0 Å². The molecule has 102 valence electrons. The molecule has 0 spiro atoms. The molecule has 1 aliphatic carbocycles. The topological polar surface area (TPSA) is 24.9 Å². The van der Waals surface area contributed by atoms with Crippen molar-refractivity contribution in [1.29, 1.82) is 0 Å². The van der Waals surface area contributed by atoms with E-state index in [1.54, 1.807) is 0 Å². The minimum atomic E-state index is 0.718. The van der Waals surface area contributed by atoms with Crippen LogP contribution in [0, 0.1) is 5.92 Å². The maximum absolute atomic E-state index is 4.48. The Morgan fingerprint density at radius 1 is 1.28 bits per heavy atom. The van der Waals surface area contributed by atoms with Crippen LogP contribution < -0.4 is 5.32 Å². The van der Waals surface area contributed by atoms with Crippen molar-refractivity contribution in [2.45, 2.75) is 71.4 Å². The van der Waals surface area contributed by atoms with E-state index in [-0.39, 0.29) is 0 Å². The highest BCUT2D eigenvalue weighted by atomic mass is 32.1. The molecule has 2 atom stereocenters. The van der Waals surface area contributed by atoms with Gasteiger partial charge in [-0.05, 0) is 31.6 Å². The van der Waals surface area contributed by atoms with Crippen LogP contribution in [-0.4, -0.2) is 11.0 Å². The van der Waals surface area contributed by atoms with E-state index in [1.807, 2.05) is 17.5 Å². The average molecular weight is 266 g/mol. The van der Waals surface area contributed by atoms with Crippen LogP contribution in [0.4, 0.5) is 0 Å². The molecular formula is C15H26N2S. The summed E-state index contributed by atoms with van der Waals surface area (Å²) in [6.45, 7) is 5.49. The average Bonchev–Trinajstić information content (AvgIpc) is 2.74. The van der Waals surface area contributed by atoms with E-state index in [0.717, 1.165) is 24.9 Å². The third kappa shape index (κ3) is 4.06. The van der Waals surface area contributed by atoms with Crippen molar-refractivity contribution in [2.75, 3.05) is 0 Å². The monoisotopic (exact) mass is 266 g/mol. The number of thiazole rings is 1. The smallest absolute Gasteiger partial charge is 0.107 e. The van der Waals surface area contributed by atoms with Gasteiger partial charge in [0.2, 0.25) is 0 Å². The van der Waals surface area contributed by atoms with Crippen molar-refractivity contribution >= 4 is 11.3 Å². The lowest BCUT2D eigenvalue weighted by atomic mass is 9.98. The van der Waals surface area contributed by atoms with E-state index in [9.17, 15) is 0 Å². The van der Waals surface area contributed by atoms with E-state index >= 15 is 0 Å². The van der Waals surface area contributed by atoms with Crippen LogP contribution in [0.2, 0.25) is 0 Å². The molecule has 1 fully saturated rings. The molecule has 0 saturated heterocycles. The maximum atomic E-state index is 4.48. The normalized spacial score (nSPS) is 25.0. The molecule has 1 aromatic heterocycles. The van der Waals surface area contributed by atoms with Gasteiger partial charge in [0.15, 0.2) is 0 Å². The molecule has 2 nitrogen and oxygen atoms in total. The third-order valence-corrected chi connectivity index (χ3v) is 5.30. The first-order valence-electron chi connectivity index (χ1n) is 7.48. The Bertz CT molecular complexity index is 348. The van der Waals surface area contributed by atoms with Gasteiger partial charge in [0, 0.05) is 23.7 Å². The Hall–Kier alpha value is -0.410. The molecule has 1 N–H and O–H groups in total. The van der Waals surface area contributed by atoms with Gasteiger partial charge in [-0.2, -0.15) is 0 Å². The Kier molecular flexibility index (Phi) is 5.64. The summed E-state index contributed by atoms with van der Waals surface area (Å²) in [6.07, 6.45) is 11.4. The van der Waals surface area contributed by atoms with E-state index in [4.69, 9.17) is 0 Å². The van der Waals surface area contributed by atoms with Crippen LogP contribution in [0.15, 0.2) is 6.20 Å². The quantitative estimate of drug-likeness (QED) is 0.810. The fraction of sp³-hybridized carbons (Fsp3) is 0.800. The highest BCUT2D eigenvalue weighted by molar-refractivity contribution is 7.11. The summed E-state index contributed by atoms with van der Waals surface area (Å²) < 4.78 is 0. The van der Waals surface area contributed by atoms with Crippen LogP contribution in [0.3, 0.4) is 0 Å². The molecule has 3 heteroatoms. The van der Waals surface area contributed by atoms with Crippen molar-refractivity contribution in [3.8, 4) is 0 Å². The van der Waals surface area contributed by atoms with E-state index < -0.39 is 0 Å². The molecular weight excluding hydrogens is 240 g/mol. The van der Waals surface area contributed by atoms with Crippen LogP contribution >= 0.6 is 11.3 Å². The van der Waals surface area contributed by atoms with Gasteiger partial charge < -0.3 is 5.32 Å². The second-order valence-corrected chi connectivity index (χ2v) is 6.63. The van der Waals surface area contributed by atoms with E-state index in [1.165, 1.54) is 48.4 Å². The minimum Gasteiger partial charge on any atom is -0.308 e. The number of hydrogen-bond acceptors (Lipinski definition) is 3. The second kappa shape index (κ2) is 7.25. The molecule has 18 heavy (non-hydrogen) atoms. The molecule has 1 aromatic rings. The number of hydrogen-bond donors (Lipinski definition) is 1. The number of nitrogens with one attached hydrogen (secondary N) is 1. The SMILES string of the molecule is CCc1cnc(CNC2CCCC(CC)CC2)s1. The van der Waals surface area contributed by atoms with E-state index in [2.05, 4.69) is 24.1 Å². The predicted octanol–water partition coefficient (Wildman–Crippen LogP) is 4.15. The van der Waals surface area contributed by atoms with Gasteiger partial charge in [0.05, 0.1) is 0 Å². The molecule has 0 amide bonds. The largest absolute Gasteiger partial charge is 0.308 e. The number of rotatable bonds is 5. The van der Waals surface area contributed by atoms with Crippen molar-refractivity contribution in [1.82, 2.24) is 10.3 Å². The third-order valence-electron chi connectivity index (χ3n) is 4.16. The summed E-state index contributed by atoms with van der Waals surface area (Å²) in [6, 6.07) is 0.718. The molecule has 1 heterocycles. The second-order valence-electron chi connectivity index (χ2n) is 5.43. The van der Waals surface area contributed by atoms with Crippen molar-refractivity contribution in [3.63, 3.8) is 0 Å². The molecule has 0 bridgehead atoms. The number of nitrogens with zero attached hydrogens (tertiary/aromatic N) is 1. The summed E-state index contributed by atoms with van der Waals surface area (Å²) in [5.41, 5.74) is 0. The first kappa shape index (κ1) is 14.0. The van der Waals surface area contributed by atoms with Gasteiger partial charge in [-0.25, -0.2) is 4.98 Å². The van der Waals surface area contributed by atoms with Crippen LogP contribution in [0.25, 0.3) is 0 Å². The lowest BCUT2D eigenvalue weighted by Crippen LogP contribution is -2.27. The molecule has 1 aliphatic rings. The first-order valence-corrected chi connectivity index (χ1v) is 8.30. The van der Waals surface area contributed by atoms with Gasteiger partial charge >= 0.3 is 0 Å². The summed E-state index contributed by atoms with van der Waals surface area (Å²) >= 11 is 1.86. The van der Waals surface area contributed by atoms with Crippen molar-refractivity contribution in [2.24, 2.45) is 5.92 Å². The molecule has 0 radical (unpaired) electrons. The molecule has 2 rings (SSSR count). The fourth-order valence-corrected chi connectivity index (χ4v) is 3.63. The maximum Gasteiger partial charge on any atom is 0.107 e. The Morgan fingerprint density at radius 2 is 2.17 bits per heavy atom. The van der Waals surface area contributed by atoms with Crippen LogP contribution in [0.5, 0.6) is 0 Å². The standard InChI is InChI=1S/C15H26N2S/c1-3-12-6-5-7-13(9-8-12)16-11-15-17-10-14(4-2)18-15/h10,12-13,16H,3-9,11H2,1-2H3. The Morgan fingerprint density at radius 3 is 2.89 bits per heavy atom. The zero-order valence-corrected chi connectivity index (χ0v) is 12.6. The Labute approximate surface area is 115 Å². The zero-order chi connectivity index (χ0) is 12.8. The Balaban J connectivity index is 1.76.